The molecular formula is C5H4ClNO3. The van der Waals surface area contributed by atoms with Gasteiger partial charge in [-0.1, -0.05) is 5.16 Å². The van der Waals surface area contributed by atoms with Gasteiger partial charge < -0.3 is 9.63 Å². The minimum atomic E-state index is -1.07. The molecule has 1 N–H and O–H groups in total. The second-order valence-corrected chi connectivity index (χ2v) is 1.87. The summed E-state index contributed by atoms with van der Waals surface area (Å²) < 4.78 is 4.51. The quantitative estimate of drug-likeness (QED) is 0.660. The van der Waals surface area contributed by atoms with Crippen molar-refractivity contribution in [3.05, 3.63) is 17.5 Å². The fraction of sp³-hybridized carbons (Fsp3) is 0.200. The van der Waals surface area contributed by atoms with Crippen molar-refractivity contribution < 1.29 is 14.4 Å². The molecule has 0 saturated heterocycles. The summed E-state index contributed by atoms with van der Waals surface area (Å²) in [4.78, 5) is 10.3. The van der Waals surface area contributed by atoms with E-state index in [-0.39, 0.29) is 17.2 Å². The SMILES string of the molecule is O=C(O)c1cnoc1CCl. The molecule has 0 fully saturated rings. The van der Waals surface area contributed by atoms with E-state index in [4.69, 9.17) is 16.7 Å². The van der Waals surface area contributed by atoms with Crippen molar-refractivity contribution >= 4 is 17.6 Å². The highest BCUT2D eigenvalue weighted by atomic mass is 35.5. The molecule has 4 nitrogen and oxygen atoms in total. The Morgan fingerprint density at radius 1 is 1.90 bits per heavy atom. The summed E-state index contributed by atoms with van der Waals surface area (Å²) in [7, 11) is 0. The first kappa shape index (κ1) is 7.08. The van der Waals surface area contributed by atoms with Crippen LogP contribution in [0.4, 0.5) is 0 Å². The largest absolute Gasteiger partial charge is 0.478 e. The van der Waals surface area contributed by atoms with E-state index in [1.54, 1.807) is 0 Å². The van der Waals surface area contributed by atoms with Crippen molar-refractivity contribution in [2.45, 2.75) is 5.88 Å². The third-order valence-electron chi connectivity index (χ3n) is 0.997. The van der Waals surface area contributed by atoms with Crippen molar-refractivity contribution in [2.75, 3.05) is 0 Å². The molecule has 0 aromatic carbocycles. The van der Waals surface area contributed by atoms with Gasteiger partial charge in [-0.3, -0.25) is 0 Å². The number of nitrogens with zero attached hydrogens (tertiary/aromatic N) is 1. The number of halogens is 1. The van der Waals surface area contributed by atoms with Gasteiger partial charge in [-0.25, -0.2) is 4.79 Å². The molecule has 0 aliphatic rings. The first-order chi connectivity index (χ1) is 4.75. The molecule has 5 heteroatoms. The maximum absolute atomic E-state index is 10.3. The first-order valence-electron chi connectivity index (χ1n) is 2.48. The van der Waals surface area contributed by atoms with Crippen molar-refractivity contribution in [1.29, 1.82) is 0 Å². The van der Waals surface area contributed by atoms with Gasteiger partial charge in [-0.05, 0) is 0 Å². The molecule has 0 unspecified atom stereocenters. The summed E-state index contributed by atoms with van der Waals surface area (Å²) >= 11 is 5.32. The van der Waals surface area contributed by atoms with Gasteiger partial charge in [0.05, 0.1) is 12.1 Å². The van der Waals surface area contributed by atoms with Crippen LogP contribution in [0.15, 0.2) is 10.7 Å². The molecule has 1 aromatic rings. The van der Waals surface area contributed by atoms with Gasteiger partial charge in [0.1, 0.15) is 5.56 Å². The van der Waals surface area contributed by atoms with Crippen LogP contribution in [0.1, 0.15) is 16.1 Å². The maximum atomic E-state index is 10.3. The highest BCUT2D eigenvalue weighted by molar-refractivity contribution is 6.17. The fourth-order valence-corrected chi connectivity index (χ4v) is 0.727. The molecule has 0 radical (unpaired) electrons. The van der Waals surface area contributed by atoms with Gasteiger partial charge in [0, 0.05) is 0 Å². The summed E-state index contributed by atoms with van der Waals surface area (Å²) in [6, 6.07) is 0. The topological polar surface area (TPSA) is 63.3 Å². The zero-order valence-electron chi connectivity index (χ0n) is 4.87. The molecule has 1 rings (SSSR count). The standard InChI is InChI=1S/C5H4ClNO3/c6-1-4-3(5(8)9)2-7-10-4/h2H,1H2,(H,8,9). The Kier molecular flexibility index (Phi) is 1.91. The van der Waals surface area contributed by atoms with E-state index in [1.165, 1.54) is 0 Å². The lowest BCUT2D eigenvalue weighted by molar-refractivity contribution is 0.0695. The molecule has 10 heavy (non-hydrogen) atoms. The minimum Gasteiger partial charge on any atom is -0.478 e. The van der Waals surface area contributed by atoms with E-state index >= 15 is 0 Å². The lowest BCUT2D eigenvalue weighted by Crippen LogP contribution is -1.96. The van der Waals surface area contributed by atoms with Crippen LogP contribution in [-0.4, -0.2) is 16.2 Å². The molecule has 0 bridgehead atoms. The molecule has 1 heterocycles. The van der Waals surface area contributed by atoms with Gasteiger partial charge in [-0.2, -0.15) is 0 Å². The van der Waals surface area contributed by atoms with Crippen LogP contribution in [0, 0.1) is 0 Å². The number of aromatic carboxylic acids is 1. The lowest BCUT2D eigenvalue weighted by atomic mass is 10.3. The molecular weight excluding hydrogens is 158 g/mol. The Bertz CT molecular complexity index is 245. The lowest BCUT2D eigenvalue weighted by Gasteiger charge is -1.86. The Morgan fingerprint density at radius 2 is 2.60 bits per heavy atom. The summed E-state index contributed by atoms with van der Waals surface area (Å²) in [5.41, 5.74) is 0.0231. The van der Waals surface area contributed by atoms with Crippen LogP contribution >= 0.6 is 11.6 Å². The zero-order chi connectivity index (χ0) is 7.56. The highest BCUT2D eigenvalue weighted by Gasteiger charge is 2.12. The number of carboxylic acids is 1. The third-order valence-corrected chi connectivity index (χ3v) is 1.24. The van der Waals surface area contributed by atoms with E-state index in [0.717, 1.165) is 6.20 Å². The van der Waals surface area contributed by atoms with E-state index in [2.05, 4.69) is 9.68 Å². The molecule has 0 aliphatic heterocycles. The van der Waals surface area contributed by atoms with E-state index in [1.807, 2.05) is 0 Å². The van der Waals surface area contributed by atoms with E-state index < -0.39 is 5.97 Å². The minimum absolute atomic E-state index is 0.0231. The Balaban J connectivity index is 3.01. The second kappa shape index (κ2) is 2.70. The summed E-state index contributed by atoms with van der Waals surface area (Å²) in [6.07, 6.45) is 1.13. The van der Waals surface area contributed by atoms with Crippen molar-refractivity contribution in [2.24, 2.45) is 0 Å². The predicted molar refractivity (Wildman–Crippen MR) is 33.0 cm³/mol. The molecule has 0 spiro atoms. The predicted octanol–water partition coefficient (Wildman–Crippen LogP) is 1.11. The molecule has 0 atom stereocenters. The number of alkyl halides is 1. The number of aromatic nitrogens is 1. The average Bonchev–Trinajstić information content (AvgIpc) is 2.33. The number of rotatable bonds is 2. The number of hydrogen-bond acceptors (Lipinski definition) is 3. The second-order valence-electron chi connectivity index (χ2n) is 1.60. The average molecular weight is 162 g/mol. The Labute approximate surface area is 61.4 Å². The third kappa shape index (κ3) is 1.11. The molecule has 0 aliphatic carbocycles. The number of hydrogen-bond donors (Lipinski definition) is 1. The monoisotopic (exact) mass is 161 g/mol. The highest BCUT2D eigenvalue weighted by Crippen LogP contribution is 2.09. The van der Waals surface area contributed by atoms with Gasteiger partial charge in [0.2, 0.25) is 0 Å². The number of carbonyl (C=O) groups is 1. The fourth-order valence-electron chi connectivity index (χ4n) is 0.535. The zero-order valence-corrected chi connectivity index (χ0v) is 5.63. The van der Waals surface area contributed by atoms with E-state index in [9.17, 15) is 4.79 Å². The summed E-state index contributed by atoms with van der Waals surface area (Å²) in [5.74, 6) is -0.854. The first-order valence-corrected chi connectivity index (χ1v) is 3.02. The maximum Gasteiger partial charge on any atom is 0.341 e. The summed E-state index contributed by atoms with van der Waals surface area (Å²) in [5, 5.41) is 11.7. The van der Waals surface area contributed by atoms with E-state index in [0.29, 0.717) is 0 Å². The smallest absolute Gasteiger partial charge is 0.341 e. The number of carboxylic acid groups (broad SMARTS) is 1. The molecule has 1 aromatic heterocycles. The Hall–Kier alpha value is -1.03. The van der Waals surface area contributed by atoms with Crippen LogP contribution in [0.3, 0.4) is 0 Å². The van der Waals surface area contributed by atoms with Gasteiger partial charge in [-0.15, -0.1) is 11.6 Å². The summed E-state index contributed by atoms with van der Waals surface area (Å²) in [6.45, 7) is 0. The molecule has 54 valence electrons. The van der Waals surface area contributed by atoms with Crippen LogP contribution in [0.2, 0.25) is 0 Å². The normalized spacial score (nSPS) is 9.70. The van der Waals surface area contributed by atoms with Crippen molar-refractivity contribution in [3.63, 3.8) is 0 Å². The molecule has 0 saturated carbocycles. The van der Waals surface area contributed by atoms with Crippen molar-refractivity contribution in [3.8, 4) is 0 Å². The van der Waals surface area contributed by atoms with Crippen LogP contribution in [0.5, 0.6) is 0 Å². The van der Waals surface area contributed by atoms with Gasteiger partial charge in [0.15, 0.2) is 5.76 Å². The Morgan fingerprint density at radius 3 is 3.00 bits per heavy atom. The van der Waals surface area contributed by atoms with Crippen molar-refractivity contribution in [1.82, 2.24) is 5.16 Å². The van der Waals surface area contributed by atoms with Gasteiger partial charge in [0.25, 0.3) is 0 Å². The molecule has 0 amide bonds. The van der Waals surface area contributed by atoms with Crippen LogP contribution in [0.25, 0.3) is 0 Å². The van der Waals surface area contributed by atoms with Crippen LogP contribution < -0.4 is 0 Å². The van der Waals surface area contributed by atoms with Crippen LogP contribution in [-0.2, 0) is 5.88 Å². The van der Waals surface area contributed by atoms with Gasteiger partial charge >= 0.3 is 5.97 Å².